The summed E-state index contributed by atoms with van der Waals surface area (Å²) in [5, 5.41) is 13.6. The van der Waals surface area contributed by atoms with Gasteiger partial charge in [-0.15, -0.1) is 0 Å². The van der Waals surface area contributed by atoms with Crippen molar-refractivity contribution in [1.82, 2.24) is 4.98 Å². The van der Waals surface area contributed by atoms with Gasteiger partial charge in [-0.3, -0.25) is 33.8 Å². The number of hydrogen-bond acceptors (Lipinski definition) is 20. The number of cyclic esters (lactones) is 1. The second kappa shape index (κ2) is 16.2. The van der Waals surface area contributed by atoms with E-state index in [2.05, 4.69) is 4.98 Å². The van der Waals surface area contributed by atoms with Gasteiger partial charge in [0.15, 0.2) is 30.0 Å². The molecule has 13 atom stereocenters. The summed E-state index contributed by atoms with van der Waals surface area (Å²) in [5.41, 5.74) is -10.2. The monoisotopic (exact) mass is 857 g/mol. The first-order valence-electron chi connectivity index (χ1n) is 19.3. The van der Waals surface area contributed by atoms with E-state index in [0.717, 1.165) is 47.8 Å². The van der Waals surface area contributed by atoms with E-state index in [1.807, 2.05) is 0 Å². The predicted octanol–water partition coefficient (Wildman–Crippen LogP) is 1.92. The third-order valence-corrected chi connectivity index (χ3v) is 12.2. The molecule has 1 spiro atoms. The number of esters is 8. The van der Waals surface area contributed by atoms with Crippen LogP contribution in [0.5, 0.6) is 0 Å². The third-order valence-electron chi connectivity index (χ3n) is 12.2. The molecule has 2 saturated carbocycles. The van der Waals surface area contributed by atoms with Gasteiger partial charge in [-0.1, -0.05) is 13.8 Å². The van der Waals surface area contributed by atoms with Crippen molar-refractivity contribution in [2.75, 3.05) is 13.2 Å². The Bertz CT molecular complexity index is 2120. The summed E-state index contributed by atoms with van der Waals surface area (Å²) in [6, 6.07) is 4.11. The topological polar surface area (TPSA) is 266 Å². The van der Waals surface area contributed by atoms with Crippen LogP contribution in [0.3, 0.4) is 0 Å². The van der Waals surface area contributed by atoms with Crippen molar-refractivity contribution in [2.24, 2.45) is 17.3 Å². The van der Waals surface area contributed by atoms with Crippen molar-refractivity contribution in [2.45, 2.75) is 122 Å². The van der Waals surface area contributed by atoms with Crippen LogP contribution in [0.15, 0.2) is 41.3 Å². The van der Waals surface area contributed by atoms with Crippen LogP contribution in [0.4, 0.5) is 0 Å². The average molecular weight is 858 g/mol. The minimum Gasteiger partial charge on any atom is -0.459 e. The lowest BCUT2D eigenvalue weighted by Crippen LogP contribution is -2.89. The highest BCUT2D eigenvalue weighted by molar-refractivity contribution is 5.91. The van der Waals surface area contributed by atoms with Gasteiger partial charge in [0.1, 0.15) is 42.0 Å². The number of aromatic nitrogens is 1. The molecule has 20 nitrogen and oxygen atoms in total. The Kier molecular flexibility index (Phi) is 11.8. The number of carbonyl (C=O) groups excluding carboxylic acids is 8. The summed E-state index contributed by atoms with van der Waals surface area (Å²) in [7, 11) is 0. The van der Waals surface area contributed by atoms with Crippen molar-refractivity contribution < 1.29 is 90.5 Å². The maximum absolute atomic E-state index is 14.5. The fourth-order valence-electron chi connectivity index (χ4n) is 9.73. The van der Waals surface area contributed by atoms with E-state index in [-0.39, 0.29) is 11.3 Å². The van der Waals surface area contributed by atoms with Crippen LogP contribution in [0.1, 0.15) is 94.7 Å². The Morgan fingerprint density at radius 1 is 0.803 bits per heavy atom. The maximum atomic E-state index is 14.5. The van der Waals surface area contributed by atoms with E-state index in [1.165, 1.54) is 44.4 Å². The quantitative estimate of drug-likeness (QED) is 0.293. The summed E-state index contributed by atoms with van der Waals surface area (Å²) < 4.78 is 60.2. The molecule has 2 unspecified atom stereocenters. The van der Waals surface area contributed by atoms with Crippen LogP contribution < -0.4 is 0 Å². The Hall–Kier alpha value is -5.89. The molecular formula is C41H47NO19. The summed E-state index contributed by atoms with van der Waals surface area (Å²) in [4.78, 5) is 113. The van der Waals surface area contributed by atoms with E-state index < -0.39 is 138 Å². The molecule has 4 bridgehead atoms. The number of rotatable bonds is 8. The van der Waals surface area contributed by atoms with E-state index in [4.69, 9.17) is 47.0 Å². The van der Waals surface area contributed by atoms with Gasteiger partial charge >= 0.3 is 47.8 Å². The van der Waals surface area contributed by atoms with Crippen LogP contribution in [-0.2, 0) is 71.4 Å². The Balaban J connectivity index is 1.79. The van der Waals surface area contributed by atoms with E-state index in [9.17, 15) is 43.5 Å². The van der Waals surface area contributed by atoms with Crippen LogP contribution in [-0.4, -0.2) is 124 Å². The summed E-state index contributed by atoms with van der Waals surface area (Å²) in [6.45, 7) is 8.51. The van der Waals surface area contributed by atoms with Gasteiger partial charge < -0.3 is 52.2 Å². The molecule has 4 aliphatic rings. The minimum atomic E-state index is -2.87. The normalized spacial score (nSPS) is 36.5. The maximum Gasteiger partial charge on any atom is 0.374 e. The van der Waals surface area contributed by atoms with Crippen molar-refractivity contribution in [3.63, 3.8) is 0 Å². The molecule has 3 fully saturated rings. The number of nitrogens with zero attached hydrogens (tertiary/aromatic N) is 1. The molecule has 2 aromatic heterocycles. The molecule has 2 aliphatic carbocycles. The number of carbonyl (C=O) groups is 8. The molecule has 2 aliphatic heterocycles. The first-order valence-corrected chi connectivity index (χ1v) is 19.3. The highest BCUT2D eigenvalue weighted by atomic mass is 16.7. The molecule has 2 aromatic rings. The van der Waals surface area contributed by atoms with E-state index >= 15 is 0 Å². The minimum absolute atomic E-state index is 0.0561. The summed E-state index contributed by atoms with van der Waals surface area (Å²) in [6.07, 6.45) is -8.47. The lowest BCUT2D eigenvalue weighted by atomic mass is 9.45. The molecule has 61 heavy (non-hydrogen) atoms. The number of hydrogen-bond donors (Lipinski definition) is 1. The van der Waals surface area contributed by atoms with Gasteiger partial charge in [0.2, 0.25) is 5.76 Å². The number of pyridine rings is 1. The van der Waals surface area contributed by atoms with Gasteiger partial charge in [-0.25, -0.2) is 9.59 Å². The molecule has 1 N–H and O–H groups in total. The molecule has 20 heteroatoms. The van der Waals surface area contributed by atoms with Gasteiger partial charge in [0.05, 0.1) is 23.7 Å². The van der Waals surface area contributed by atoms with Crippen LogP contribution >= 0.6 is 0 Å². The fourth-order valence-corrected chi connectivity index (χ4v) is 9.73. The second-order valence-corrected chi connectivity index (χ2v) is 16.1. The largest absolute Gasteiger partial charge is 0.459 e. The predicted molar refractivity (Wildman–Crippen MR) is 198 cm³/mol. The molecule has 6 rings (SSSR count). The Morgan fingerprint density at radius 3 is 1.95 bits per heavy atom. The molecule has 0 radical (unpaired) electrons. The smallest absolute Gasteiger partial charge is 0.374 e. The summed E-state index contributed by atoms with van der Waals surface area (Å²) in [5.74, 6) is -12.3. The van der Waals surface area contributed by atoms with Crippen LogP contribution in [0.2, 0.25) is 0 Å². The number of aliphatic hydroxyl groups is 1. The molecule has 0 aromatic carbocycles. The zero-order valence-electron chi connectivity index (χ0n) is 34.8. The first-order chi connectivity index (χ1) is 28.5. The number of furan rings is 1. The molecule has 4 heterocycles. The SMILES string of the molecule is CC(=O)O[C@@H]1[C@@H]2[C@@H](OC(C)=O)[C@@]34O[C@@]2(C)COC(=O)c2cnccc2C(C)C(C)C(=O)O[C@@H]([C@H](OC(C)=O)[C@H](OC(C)=O)[C@@]3(COC(=O)c2ccco2)[C@@H]1OC(C)=O)[C@]4(C)O. The van der Waals surface area contributed by atoms with Crippen molar-refractivity contribution >= 4 is 47.8 Å². The van der Waals surface area contributed by atoms with Gasteiger partial charge in [-0.2, -0.15) is 0 Å². The van der Waals surface area contributed by atoms with E-state index in [0.29, 0.717) is 5.56 Å². The number of fused-ring (bicyclic) bond motifs is 5. The standard InChI is InChI=1S/C41H47NO19/c1-18-19(2)35(48)60-32-30(56-21(4)44)34(59-24(7)47)40(17-54-37(50)27-11-10-14-52-27)33(58-23(6)46)29(55-20(3)43)28-31(57-22(5)45)41(40,39(32,9)51)61-38(28,8)16-53-36(49)26-15-42-13-12-25(18)26/h10-15,18-19,28-34,51H,16-17H2,1-9H3/t18?,19?,28-,29-,30+,31-,32+,33-,34+,38+,39+,40-,41+/m1/s1. The lowest BCUT2D eigenvalue weighted by molar-refractivity contribution is -0.386. The fraction of sp³-hybridized carbons (Fsp3) is 0.585. The summed E-state index contributed by atoms with van der Waals surface area (Å²) >= 11 is 0. The highest BCUT2D eigenvalue weighted by Gasteiger charge is 2.92. The molecular weight excluding hydrogens is 810 g/mol. The second-order valence-electron chi connectivity index (χ2n) is 16.1. The Morgan fingerprint density at radius 2 is 1.38 bits per heavy atom. The van der Waals surface area contributed by atoms with E-state index in [1.54, 1.807) is 6.92 Å². The molecule has 330 valence electrons. The number of ether oxygens (including phenoxy) is 9. The van der Waals surface area contributed by atoms with Crippen LogP contribution in [0.25, 0.3) is 0 Å². The van der Waals surface area contributed by atoms with Gasteiger partial charge in [0.25, 0.3) is 0 Å². The van der Waals surface area contributed by atoms with Crippen molar-refractivity contribution in [3.05, 3.63) is 53.7 Å². The molecule has 1 saturated heterocycles. The zero-order valence-corrected chi connectivity index (χ0v) is 34.8. The van der Waals surface area contributed by atoms with Gasteiger partial charge in [0, 0.05) is 47.0 Å². The zero-order chi connectivity index (χ0) is 45.0. The average Bonchev–Trinajstić information content (AvgIpc) is 3.79. The first kappa shape index (κ1) is 44.7. The van der Waals surface area contributed by atoms with Crippen molar-refractivity contribution in [3.8, 4) is 0 Å². The van der Waals surface area contributed by atoms with Crippen molar-refractivity contribution in [1.29, 1.82) is 0 Å². The third kappa shape index (κ3) is 7.28. The molecule has 0 amide bonds. The van der Waals surface area contributed by atoms with Gasteiger partial charge in [-0.05, 0) is 43.5 Å². The Labute approximate surface area is 348 Å². The van der Waals surface area contributed by atoms with Crippen LogP contribution in [0, 0.1) is 17.3 Å². The lowest BCUT2D eigenvalue weighted by Gasteiger charge is -2.67. The highest BCUT2D eigenvalue weighted by Crippen LogP contribution is 2.70.